The predicted molar refractivity (Wildman–Crippen MR) is 101 cm³/mol. The molecule has 3 heterocycles. The first-order chi connectivity index (χ1) is 13.1. The molecule has 0 amide bonds. The quantitative estimate of drug-likeness (QED) is 0.756. The SMILES string of the molecule is FC1(F)CCN(CCCOc2ccc3[nH]c(C4COCCN4)cc3c2)CC1. The Bertz CT molecular complexity index is 749. The van der Waals surface area contributed by atoms with Gasteiger partial charge in [-0.15, -0.1) is 0 Å². The van der Waals surface area contributed by atoms with Crippen molar-refractivity contribution < 1.29 is 18.3 Å². The monoisotopic (exact) mass is 379 g/mol. The van der Waals surface area contributed by atoms with Crippen molar-refractivity contribution in [2.45, 2.75) is 31.2 Å². The van der Waals surface area contributed by atoms with Crippen LogP contribution in [0.1, 0.15) is 31.0 Å². The van der Waals surface area contributed by atoms with Crippen molar-refractivity contribution in [1.82, 2.24) is 15.2 Å². The fraction of sp³-hybridized carbons (Fsp3) is 0.600. The lowest BCUT2D eigenvalue weighted by Crippen LogP contribution is -2.40. The molecule has 1 aromatic carbocycles. The van der Waals surface area contributed by atoms with E-state index in [0.29, 0.717) is 26.3 Å². The second kappa shape index (κ2) is 8.12. The second-order valence-corrected chi connectivity index (χ2v) is 7.45. The lowest BCUT2D eigenvalue weighted by Gasteiger charge is -2.31. The van der Waals surface area contributed by atoms with Crippen molar-refractivity contribution in [3.8, 4) is 5.75 Å². The van der Waals surface area contributed by atoms with Crippen molar-refractivity contribution in [3.63, 3.8) is 0 Å². The van der Waals surface area contributed by atoms with Gasteiger partial charge in [0.1, 0.15) is 5.75 Å². The third-order valence-electron chi connectivity index (χ3n) is 5.39. The highest BCUT2D eigenvalue weighted by Gasteiger charge is 2.33. The Balaban J connectivity index is 1.26. The highest BCUT2D eigenvalue weighted by molar-refractivity contribution is 5.82. The van der Waals surface area contributed by atoms with Crippen molar-refractivity contribution in [2.24, 2.45) is 0 Å². The van der Waals surface area contributed by atoms with Crippen LogP contribution in [0.4, 0.5) is 8.78 Å². The smallest absolute Gasteiger partial charge is 0.250 e. The van der Waals surface area contributed by atoms with Crippen molar-refractivity contribution >= 4 is 10.9 Å². The standard InChI is InChI=1S/C20H27F2N3O2/c21-20(22)4-8-25(9-5-20)7-1-10-27-16-2-3-17-15(12-16)13-18(24-17)19-14-26-11-6-23-19/h2-3,12-13,19,23-24H,1,4-11,14H2. The topological polar surface area (TPSA) is 49.5 Å². The van der Waals surface area contributed by atoms with Crippen LogP contribution in [-0.2, 0) is 4.74 Å². The van der Waals surface area contributed by atoms with Crippen LogP contribution in [0.3, 0.4) is 0 Å². The van der Waals surface area contributed by atoms with Gasteiger partial charge in [-0.3, -0.25) is 0 Å². The van der Waals surface area contributed by atoms with Gasteiger partial charge in [0.2, 0.25) is 0 Å². The molecule has 0 bridgehead atoms. The van der Waals surface area contributed by atoms with Crippen molar-refractivity contribution in [1.29, 1.82) is 0 Å². The summed E-state index contributed by atoms with van der Waals surface area (Å²) < 4.78 is 37.7. The lowest BCUT2D eigenvalue weighted by molar-refractivity contribution is -0.0554. The maximum Gasteiger partial charge on any atom is 0.250 e. The van der Waals surface area contributed by atoms with Gasteiger partial charge in [0.25, 0.3) is 5.92 Å². The van der Waals surface area contributed by atoms with Crippen LogP contribution in [0.2, 0.25) is 0 Å². The maximum atomic E-state index is 13.2. The molecular formula is C20H27F2N3O2. The summed E-state index contributed by atoms with van der Waals surface area (Å²) in [6.45, 7) is 4.65. The number of piperidine rings is 1. The van der Waals surface area contributed by atoms with E-state index in [1.807, 2.05) is 18.2 Å². The average Bonchev–Trinajstić information content (AvgIpc) is 3.10. The van der Waals surface area contributed by atoms with Crippen molar-refractivity contribution in [2.75, 3.05) is 46.0 Å². The lowest BCUT2D eigenvalue weighted by atomic mass is 10.1. The molecule has 0 saturated carbocycles. The van der Waals surface area contributed by atoms with Gasteiger partial charge in [-0.05, 0) is 30.7 Å². The molecule has 7 heteroatoms. The minimum absolute atomic E-state index is 0.0265. The minimum Gasteiger partial charge on any atom is -0.494 e. The van der Waals surface area contributed by atoms with Crippen LogP contribution in [-0.4, -0.2) is 61.8 Å². The molecular weight excluding hydrogens is 352 g/mol. The van der Waals surface area contributed by atoms with Crippen LogP contribution in [0.5, 0.6) is 5.75 Å². The highest BCUT2D eigenvalue weighted by Crippen LogP contribution is 2.28. The number of aromatic nitrogens is 1. The van der Waals surface area contributed by atoms with E-state index in [0.717, 1.165) is 48.5 Å². The summed E-state index contributed by atoms with van der Waals surface area (Å²) in [6.07, 6.45) is 0.786. The fourth-order valence-corrected chi connectivity index (χ4v) is 3.76. The number of hydrogen-bond acceptors (Lipinski definition) is 4. The number of hydrogen-bond donors (Lipinski definition) is 2. The predicted octanol–water partition coefficient (Wildman–Crippen LogP) is 3.33. The molecule has 2 fully saturated rings. The largest absolute Gasteiger partial charge is 0.494 e. The Morgan fingerprint density at radius 2 is 2.07 bits per heavy atom. The Hall–Kier alpha value is -1.70. The van der Waals surface area contributed by atoms with Crippen LogP contribution >= 0.6 is 0 Å². The molecule has 2 aromatic rings. The zero-order valence-corrected chi connectivity index (χ0v) is 15.5. The zero-order chi connectivity index (χ0) is 18.7. The third kappa shape index (κ3) is 4.78. The van der Waals surface area contributed by atoms with E-state index in [1.165, 1.54) is 0 Å². The minimum atomic E-state index is -2.48. The Morgan fingerprint density at radius 3 is 2.85 bits per heavy atom. The molecule has 148 valence electrons. The third-order valence-corrected chi connectivity index (χ3v) is 5.39. The highest BCUT2D eigenvalue weighted by atomic mass is 19.3. The number of morpholine rings is 1. The van der Waals surface area contributed by atoms with E-state index in [1.54, 1.807) is 0 Å². The number of rotatable bonds is 6. The number of H-pyrrole nitrogens is 1. The van der Waals surface area contributed by atoms with Gasteiger partial charge in [0.05, 0.1) is 25.9 Å². The van der Waals surface area contributed by atoms with Gasteiger partial charge in [-0.25, -0.2) is 8.78 Å². The molecule has 2 aliphatic rings. The number of nitrogens with zero attached hydrogens (tertiary/aromatic N) is 1. The summed E-state index contributed by atoms with van der Waals surface area (Å²) in [6, 6.07) is 8.38. The molecule has 0 aliphatic carbocycles. The van der Waals surface area contributed by atoms with E-state index in [2.05, 4.69) is 21.3 Å². The van der Waals surface area contributed by atoms with Crippen LogP contribution in [0.25, 0.3) is 10.9 Å². The van der Waals surface area contributed by atoms with Gasteiger partial charge < -0.3 is 24.7 Å². The molecule has 1 atom stereocenters. The first-order valence-corrected chi connectivity index (χ1v) is 9.76. The van der Waals surface area contributed by atoms with E-state index in [4.69, 9.17) is 9.47 Å². The Morgan fingerprint density at radius 1 is 1.22 bits per heavy atom. The van der Waals surface area contributed by atoms with E-state index < -0.39 is 5.92 Å². The number of aromatic amines is 1. The summed E-state index contributed by atoms with van der Waals surface area (Å²) in [7, 11) is 0. The second-order valence-electron chi connectivity index (χ2n) is 7.45. The summed E-state index contributed by atoms with van der Waals surface area (Å²) in [5, 5.41) is 4.57. The van der Waals surface area contributed by atoms with Gasteiger partial charge in [0, 0.05) is 55.6 Å². The number of alkyl halides is 2. The normalized spacial score (nSPS) is 23.6. The molecule has 27 heavy (non-hydrogen) atoms. The fourth-order valence-electron chi connectivity index (χ4n) is 3.76. The van der Waals surface area contributed by atoms with Crippen LogP contribution < -0.4 is 10.1 Å². The molecule has 4 rings (SSSR count). The molecule has 2 N–H and O–H groups in total. The van der Waals surface area contributed by atoms with Crippen LogP contribution in [0.15, 0.2) is 24.3 Å². The molecule has 0 spiro atoms. The summed E-state index contributed by atoms with van der Waals surface area (Å²) in [5.74, 6) is -1.64. The average molecular weight is 379 g/mol. The molecule has 5 nitrogen and oxygen atoms in total. The number of nitrogens with one attached hydrogen (secondary N) is 2. The van der Waals surface area contributed by atoms with Crippen molar-refractivity contribution in [3.05, 3.63) is 30.0 Å². The number of fused-ring (bicyclic) bond motifs is 1. The van der Waals surface area contributed by atoms with Gasteiger partial charge >= 0.3 is 0 Å². The Labute approximate surface area is 158 Å². The van der Waals surface area contributed by atoms with E-state index in [-0.39, 0.29) is 18.9 Å². The number of halogens is 2. The summed E-state index contributed by atoms with van der Waals surface area (Å²) in [4.78, 5) is 5.54. The zero-order valence-electron chi connectivity index (χ0n) is 15.5. The summed E-state index contributed by atoms with van der Waals surface area (Å²) >= 11 is 0. The first kappa shape index (κ1) is 18.7. The number of benzene rings is 1. The van der Waals surface area contributed by atoms with Gasteiger partial charge in [-0.1, -0.05) is 0 Å². The summed E-state index contributed by atoms with van der Waals surface area (Å²) in [5.41, 5.74) is 2.21. The van der Waals surface area contributed by atoms with Gasteiger partial charge in [0.15, 0.2) is 0 Å². The first-order valence-electron chi connectivity index (χ1n) is 9.76. The number of ether oxygens (including phenoxy) is 2. The molecule has 1 aromatic heterocycles. The molecule has 2 aliphatic heterocycles. The number of likely N-dealkylation sites (tertiary alicyclic amines) is 1. The molecule has 0 radical (unpaired) electrons. The maximum absolute atomic E-state index is 13.2. The van der Waals surface area contributed by atoms with Crippen LogP contribution in [0, 0.1) is 0 Å². The Kier molecular flexibility index (Phi) is 5.61. The van der Waals surface area contributed by atoms with E-state index >= 15 is 0 Å². The molecule has 1 unspecified atom stereocenters. The molecule has 2 saturated heterocycles. The van der Waals surface area contributed by atoms with E-state index in [9.17, 15) is 8.78 Å². The van der Waals surface area contributed by atoms with Gasteiger partial charge in [-0.2, -0.15) is 0 Å².